The summed E-state index contributed by atoms with van der Waals surface area (Å²) in [4.78, 5) is 0. The molecule has 4 N–H and O–H groups in total. The Kier molecular flexibility index (Phi) is 4.93. The van der Waals surface area contributed by atoms with Crippen molar-refractivity contribution in [1.82, 2.24) is 5.32 Å². The number of ether oxygens (including phenoxy) is 1. The van der Waals surface area contributed by atoms with Crippen LogP contribution in [0.25, 0.3) is 0 Å². The lowest BCUT2D eigenvalue weighted by Gasteiger charge is -2.13. The summed E-state index contributed by atoms with van der Waals surface area (Å²) < 4.78 is 5.21. The van der Waals surface area contributed by atoms with Crippen LogP contribution in [0.4, 0.5) is 0 Å². The van der Waals surface area contributed by atoms with E-state index < -0.39 is 0 Å². The van der Waals surface area contributed by atoms with Crippen molar-refractivity contribution in [2.75, 3.05) is 18.6 Å². The van der Waals surface area contributed by atoms with Crippen LogP contribution in [0.5, 0.6) is 5.75 Å². The number of amidine groups is 1. The average molecular weight is 281 g/mol. The summed E-state index contributed by atoms with van der Waals surface area (Å²) >= 11 is 1.98. The molecule has 1 aromatic carbocycles. The number of oxime groups is 1. The summed E-state index contributed by atoms with van der Waals surface area (Å²) in [5.41, 5.74) is 7.37. The molecule has 1 fully saturated rings. The van der Waals surface area contributed by atoms with Crippen molar-refractivity contribution in [3.05, 3.63) is 29.3 Å². The van der Waals surface area contributed by atoms with Gasteiger partial charge in [-0.2, -0.15) is 11.8 Å². The molecule has 0 bridgehead atoms. The standard InChI is InChI=1S/C13H19N3O2S/c1-18-12-3-2-9(6-11(12)13(14)16-17)7-15-10-4-5-19-8-10/h2-3,6,10,15,17H,4-5,7-8H2,1H3,(H2,14,16). The maximum atomic E-state index is 8.79. The Balaban J connectivity index is 2.08. The number of hydrogen-bond acceptors (Lipinski definition) is 5. The first-order valence-electron chi connectivity index (χ1n) is 6.20. The van der Waals surface area contributed by atoms with E-state index in [0.717, 1.165) is 12.1 Å². The molecule has 1 saturated heterocycles. The van der Waals surface area contributed by atoms with E-state index in [0.29, 0.717) is 17.4 Å². The lowest BCUT2D eigenvalue weighted by atomic mass is 10.1. The molecule has 0 aromatic heterocycles. The molecule has 2 rings (SSSR count). The SMILES string of the molecule is COc1ccc(CNC2CCSC2)cc1/C(N)=N/O. The Morgan fingerprint density at radius 1 is 1.63 bits per heavy atom. The van der Waals surface area contributed by atoms with E-state index in [4.69, 9.17) is 15.7 Å². The molecule has 0 radical (unpaired) electrons. The molecule has 5 nitrogen and oxygen atoms in total. The molecule has 0 aliphatic carbocycles. The van der Waals surface area contributed by atoms with Crippen molar-refractivity contribution in [3.8, 4) is 5.75 Å². The molecule has 0 amide bonds. The zero-order chi connectivity index (χ0) is 13.7. The molecule has 104 valence electrons. The smallest absolute Gasteiger partial charge is 0.173 e. The molecule has 19 heavy (non-hydrogen) atoms. The molecule has 0 saturated carbocycles. The highest BCUT2D eigenvalue weighted by Crippen LogP contribution is 2.21. The van der Waals surface area contributed by atoms with Gasteiger partial charge in [-0.25, -0.2) is 0 Å². The Hall–Kier alpha value is -1.40. The highest BCUT2D eigenvalue weighted by molar-refractivity contribution is 7.99. The number of rotatable bonds is 5. The largest absolute Gasteiger partial charge is 0.496 e. The summed E-state index contributed by atoms with van der Waals surface area (Å²) in [6, 6.07) is 6.30. The quantitative estimate of drug-likeness (QED) is 0.329. The number of methoxy groups -OCH3 is 1. The van der Waals surface area contributed by atoms with Gasteiger partial charge in [0.15, 0.2) is 5.84 Å². The Labute approximate surface area is 117 Å². The van der Waals surface area contributed by atoms with Crippen LogP contribution in [-0.2, 0) is 6.54 Å². The molecular formula is C13H19N3O2S. The third kappa shape index (κ3) is 3.54. The van der Waals surface area contributed by atoms with Gasteiger partial charge >= 0.3 is 0 Å². The van der Waals surface area contributed by atoms with Crippen molar-refractivity contribution in [2.24, 2.45) is 10.9 Å². The molecule has 1 aliphatic heterocycles. The number of nitrogens with zero attached hydrogens (tertiary/aromatic N) is 1. The lowest BCUT2D eigenvalue weighted by molar-refractivity contribution is 0.318. The minimum Gasteiger partial charge on any atom is -0.496 e. The predicted molar refractivity (Wildman–Crippen MR) is 78.1 cm³/mol. The van der Waals surface area contributed by atoms with Gasteiger partial charge < -0.3 is 21.0 Å². The predicted octanol–water partition coefficient (Wildman–Crippen LogP) is 1.38. The lowest BCUT2D eigenvalue weighted by Crippen LogP contribution is -2.28. The number of thioether (sulfide) groups is 1. The van der Waals surface area contributed by atoms with Gasteiger partial charge in [0.1, 0.15) is 5.75 Å². The van der Waals surface area contributed by atoms with Crippen LogP contribution >= 0.6 is 11.8 Å². The summed E-state index contributed by atoms with van der Waals surface area (Å²) in [7, 11) is 1.57. The van der Waals surface area contributed by atoms with E-state index in [1.54, 1.807) is 7.11 Å². The highest BCUT2D eigenvalue weighted by Gasteiger charge is 2.15. The van der Waals surface area contributed by atoms with E-state index in [1.807, 2.05) is 30.0 Å². The van der Waals surface area contributed by atoms with Crippen molar-refractivity contribution < 1.29 is 9.94 Å². The molecule has 1 atom stereocenters. The third-order valence-electron chi connectivity index (χ3n) is 3.17. The van der Waals surface area contributed by atoms with Gasteiger partial charge in [-0.15, -0.1) is 0 Å². The number of hydrogen-bond donors (Lipinski definition) is 3. The monoisotopic (exact) mass is 281 g/mol. The Morgan fingerprint density at radius 3 is 3.11 bits per heavy atom. The summed E-state index contributed by atoms with van der Waals surface area (Å²) in [6.45, 7) is 0.779. The Bertz CT molecular complexity index is 459. The number of benzene rings is 1. The number of nitrogens with two attached hydrogens (primary N) is 1. The van der Waals surface area contributed by atoms with Gasteiger partial charge in [-0.3, -0.25) is 0 Å². The van der Waals surface area contributed by atoms with E-state index in [-0.39, 0.29) is 5.84 Å². The topological polar surface area (TPSA) is 79.9 Å². The second-order valence-electron chi connectivity index (χ2n) is 4.46. The van der Waals surface area contributed by atoms with Crippen molar-refractivity contribution >= 4 is 17.6 Å². The van der Waals surface area contributed by atoms with Crippen LogP contribution in [-0.4, -0.2) is 35.7 Å². The first-order valence-corrected chi connectivity index (χ1v) is 7.36. The minimum atomic E-state index is 0.0649. The second-order valence-corrected chi connectivity index (χ2v) is 5.61. The molecule has 1 heterocycles. The fraction of sp³-hybridized carbons (Fsp3) is 0.462. The highest BCUT2D eigenvalue weighted by atomic mass is 32.2. The van der Waals surface area contributed by atoms with Crippen LogP contribution in [0.3, 0.4) is 0 Å². The second kappa shape index (κ2) is 6.68. The first kappa shape index (κ1) is 14.0. The summed E-state index contributed by atoms with van der Waals surface area (Å²) in [6.07, 6.45) is 1.22. The molecule has 1 aliphatic rings. The molecule has 6 heteroatoms. The van der Waals surface area contributed by atoms with Gasteiger partial charge in [0.25, 0.3) is 0 Å². The molecule has 1 unspecified atom stereocenters. The zero-order valence-corrected chi connectivity index (χ0v) is 11.7. The van der Waals surface area contributed by atoms with Crippen LogP contribution in [0, 0.1) is 0 Å². The maximum absolute atomic E-state index is 8.79. The molecular weight excluding hydrogens is 262 g/mol. The van der Waals surface area contributed by atoms with Gasteiger partial charge in [-0.05, 0) is 29.9 Å². The van der Waals surface area contributed by atoms with Gasteiger partial charge in [0.2, 0.25) is 0 Å². The fourth-order valence-corrected chi connectivity index (χ4v) is 3.26. The normalized spacial score (nSPS) is 19.6. The van der Waals surface area contributed by atoms with E-state index in [2.05, 4.69) is 10.5 Å². The summed E-state index contributed by atoms with van der Waals surface area (Å²) in [5, 5.41) is 15.3. The number of nitrogens with one attached hydrogen (secondary N) is 1. The van der Waals surface area contributed by atoms with Crippen molar-refractivity contribution in [2.45, 2.75) is 19.0 Å². The maximum Gasteiger partial charge on any atom is 0.173 e. The fourth-order valence-electron chi connectivity index (χ4n) is 2.08. The van der Waals surface area contributed by atoms with Crippen LogP contribution in [0.2, 0.25) is 0 Å². The zero-order valence-electron chi connectivity index (χ0n) is 10.9. The van der Waals surface area contributed by atoms with Crippen LogP contribution in [0.15, 0.2) is 23.4 Å². The molecule has 1 aromatic rings. The van der Waals surface area contributed by atoms with E-state index in [1.165, 1.54) is 17.9 Å². The minimum absolute atomic E-state index is 0.0649. The van der Waals surface area contributed by atoms with Gasteiger partial charge in [0, 0.05) is 18.3 Å². The first-order chi connectivity index (χ1) is 9.24. The summed E-state index contributed by atoms with van der Waals surface area (Å²) in [5.74, 6) is 3.07. The molecule has 0 spiro atoms. The Morgan fingerprint density at radius 2 is 2.47 bits per heavy atom. The third-order valence-corrected chi connectivity index (χ3v) is 4.33. The van der Waals surface area contributed by atoms with Crippen molar-refractivity contribution in [1.29, 1.82) is 0 Å². The van der Waals surface area contributed by atoms with Crippen molar-refractivity contribution in [3.63, 3.8) is 0 Å². The van der Waals surface area contributed by atoms with Gasteiger partial charge in [0.05, 0.1) is 12.7 Å². The van der Waals surface area contributed by atoms with Gasteiger partial charge in [-0.1, -0.05) is 11.2 Å². The van der Waals surface area contributed by atoms with Crippen LogP contribution < -0.4 is 15.8 Å². The average Bonchev–Trinajstić information content (AvgIpc) is 2.97. The van der Waals surface area contributed by atoms with Crippen LogP contribution in [0.1, 0.15) is 17.5 Å². The van der Waals surface area contributed by atoms with E-state index in [9.17, 15) is 0 Å². The van der Waals surface area contributed by atoms with E-state index >= 15 is 0 Å².